The Morgan fingerprint density at radius 3 is 2.27 bits per heavy atom. The van der Waals surface area contributed by atoms with Crippen LogP contribution < -0.4 is 0 Å². The molecule has 6 nitrogen and oxygen atoms in total. The lowest BCUT2D eigenvalue weighted by atomic mass is 9.75. The summed E-state index contributed by atoms with van der Waals surface area (Å²) in [4.78, 5) is 27.8. The predicted molar refractivity (Wildman–Crippen MR) is 117 cm³/mol. The molecule has 2 saturated heterocycles. The molecule has 7 heteroatoms. The smallest absolute Gasteiger partial charge is 0.407 e. The van der Waals surface area contributed by atoms with Crippen LogP contribution >= 0.6 is 11.6 Å². The average molecular weight is 437 g/mol. The summed E-state index contributed by atoms with van der Waals surface area (Å²) in [5, 5.41) is 10.0. The van der Waals surface area contributed by atoms with E-state index in [1.54, 1.807) is 12.1 Å². The number of carbonyl (C=O) groups excluding carboxylic acids is 1. The van der Waals surface area contributed by atoms with Crippen LogP contribution in [0.3, 0.4) is 0 Å². The molecular formula is C23H33ClN2O4. The predicted octanol–water partition coefficient (Wildman–Crippen LogP) is 5.07. The van der Waals surface area contributed by atoms with Crippen molar-refractivity contribution < 1.29 is 19.4 Å². The first kappa shape index (κ1) is 22.9. The maximum Gasteiger partial charge on any atom is 0.407 e. The van der Waals surface area contributed by atoms with Gasteiger partial charge in [-0.3, -0.25) is 4.90 Å². The summed E-state index contributed by atoms with van der Waals surface area (Å²) in [7, 11) is 1.31. The van der Waals surface area contributed by atoms with Crippen molar-refractivity contribution in [3.05, 3.63) is 34.3 Å². The van der Waals surface area contributed by atoms with E-state index in [-0.39, 0.29) is 11.6 Å². The van der Waals surface area contributed by atoms with Gasteiger partial charge < -0.3 is 14.7 Å². The molecular weight excluding hydrogens is 404 g/mol. The van der Waals surface area contributed by atoms with Crippen LogP contribution in [0.25, 0.3) is 0 Å². The van der Waals surface area contributed by atoms with Crippen LogP contribution in [0.1, 0.15) is 68.4 Å². The molecule has 0 aromatic heterocycles. The lowest BCUT2D eigenvalue weighted by molar-refractivity contribution is 0.0355. The minimum Gasteiger partial charge on any atom is -0.465 e. The van der Waals surface area contributed by atoms with Gasteiger partial charge in [0.25, 0.3) is 0 Å². The number of methoxy groups -OCH3 is 1. The minimum atomic E-state index is -0.908. The molecule has 2 heterocycles. The molecule has 166 valence electrons. The Balaban J connectivity index is 1.76. The second-order valence-corrected chi connectivity index (χ2v) is 9.91. The molecule has 30 heavy (non-hydrogen) atoms. The summed E-state index contributed by atoms with van der Waals surface area (Å²) in [6, 6.07) is 4.92. The van der Waals surface area contributed by atoms with Gasteiger partial charge in [-0.1, -0.05) is 17.7 Å². The molecule has 0 bridgehead atoms. The summed E-state index contributed by atoms with van der Waals surface area (Å²) in [6.45, 7) is 9.50. The molecule has 1 N–H and O–H groups in total. The molecule has 1 amide bonds. The van der Waals surface area contributed by atoms with Gasteiger partial charge in [0.05, 0.1) is 23.7 Å². The standard InChI is InChI=1S/C23H33ClN2O4/c1-23(2,3)25-10-7-15(8-11-25)16-9-12-26(22(28)29)20(14-16)17-5-6-18(19(24)13-17)21(27)30-4/h5-6,13,15-16,20H,7-12,14H2,1-4H3,(H,28,29). The molecule has 0 aliphatic carbocycles. The molecule has 0 radical (unpaired) electrons. The van der Waals surface area contributed by atoms with Crippen LogP contribution in [0.15, 0.2) is 18.2 Å². The molecule has 2 fully saturated rings. The lowest BCUT2D eigenvalue weighted by Crippen LogP contribution is -2.48. The zero-order valence-corrected chi connectivity index (χ0v) is 19.1. The Bertz CT molecular complexity index is 784. The summed E-state index contributed by atoms with van der Waals surface area (Å²) >= 11 is 6.32. The number of piperidine rings is 2. The number of ether oxygens (including phenoxy) is 1. The van der Waals surface area contributed by atoms with E-state index in [2.05, 4.69) is 25.7 Å². The number of hydrogen-bond acceptors (Lipinski definition) is 4. The van der Waals surface area contributed by atoms with Gasteiger partial charge in [0.15, 0.2) is 0 Å². The number of rotatable bonds is 3. The third-order valence-electron chi connectivity index (χ3n) is 6.83. The Morgan fingerprint density at radius 2 is 1.73 bits per heavy atom. The van der Waals surface area contributed by atoms with E-state index in [0.717, 1.165) is 44.3 Å². The Morgan fingerprint density at radius 1 is 1.10 bits per heavy atom. The fraction of sp³-hybridized carbons (Fsp3) is 0.652. The summed E-state index contributed by atoms with van der Waals surface area (Å²) in [5.74, 6) is 0.618. The SMILES string of the molecule is COC(=O)c1ccc(C2CC(C3CCN(C(C)(C)C)CC3)CCN2C(=O)O)cc1Cl. The maximum absolute atomic E-state index is 11.9. The maximum atomic E-state index is 11.9. The highest BCUT2D eigenvalue weighted by Crippen LogP contribution is 2.42. The first-order valence-corrected chi connectivity index (χ1v) is 11.1. The zero-order valence-electron chi connectivity index (χ0n) is 18.4. The molecule has 3 rings (SSSR count). The Hall–Kier alpha value is -1.79. The number of nitrogens with zero attached hydrogens (tertiary/aromatic N) is 2. The Labute approximate surface area is 184 Å². The fourth-order valence-electron chi connectivity index (χ4n) is 5.02. The number of carboxylic acid groups (broad SMARTS) is 1. The van der Waals surface area contributed by atoms with Crippen molar-refractivity contribution in [3.63, 3.8) is 0 Å². The summed E-state index contributed by atoms with van der Waals surface area (Å²) in [6.07, 6.45) is 3.10. The number of benzene rings is 1. The van der Waals surface area contributed by atoms with Crippen molar-refractivity contribution in [1.82, 2.24) is 9.80 Å². The molecule has 0 spiro atoms. The van der Waals surface area contributed by atoms with Crippen molar-refractivity contribution in [2.45, 2.75) is 58.0 Å². The molecule has 1 aromatic rings. The van der Waals surface area contributed by atoms with Crippen molar-refractivity contribution in [1.29, 1.82) is 0 Å². The highest BCUT2D eigenvalue weighted by Gasteiger charge is 2.38. The first-order valence-electron chi connectivity index (χ1n) is 10.7. The van der Waals surface area contributed by atoms with Gasteiger partial charge in [-0.05, 0) is 89.1 Å². The second-order valence-electron chi connectivity index (χ2n) is 9.50. The van der Waals surface area contributed by atoms with Crippen LogP contribution in [0.5, 0.6) is 0 Å². The van der Waals surface area contributed by atoms with Gasteiger partial charge in [0.2, 0.25) is 0 Å². The third kappa shape index (κ3) is 4.92. The topological polar surface area (TPSA) is 70.1 Å². The van der Waals surface area contributed by atoms with Crippen molar-refractivity contribution >= 4 is 23.7 Å². The van der Waals surface area contributed by atoms with E-state index in [4.69, 9.17) is 16.3 Å². The molecule has 1 aromatic carbocycles. The van der Waals surface area contributed by atoms with E-state index in [0.29, 0.717) is 29.0 Å². The minimum absolute atomic E-state index is 0.193. The van der Waals surface area contributed by atoms with Crippen LogP contribution in [-0.2, 0) is 4.74 Å². The molecule has 2 aliphatic heterocycles. The number of carbonyl (C=O) groups is 2. The van der Waals surface area contributed by atoms with Gasteiger partial charge in [-0.25, -0.2) is 9.59 Å². The quantitative estimate of drug-likeness (QED) is 0.670. The van der Waals surface area contributed by atoms with E-state index >= 15 is 0 Å². The molecule has 2 unspecified atom stereocenters. The zero-order chi connectivity index (χ0) is 22.1. The summed E-state index contributed by atoms with van der Waals surface area (Å²) in [5.41, 5.74) is 1.33. The number of hydrogen-bond donors (Lipinski definition) is 1. The highest BCUT2D eigenvalue weighted by molar-refractivity contribution is 6.33. The van der Waals surface area contributed by atoms with E-state index in [1.165, 1.54) is 12.0 Å². The highest BCUT2D eigenvalue weighted by atomic mass is 35.5. The van der Waals surface area contributed by atoms with Gasteiger partial charge >= 0.3 is 12.1 Å². The molecule has 0 saturated carbocycles. The first-order chi connectivity index (χ1) is 14.1. The van der Waals surface area contributed by atoms with Crippen LogP contribution in [0, 0.1) is 11.8 Å². The second kappa shape index (κ2) is 9.15. The van der Waals surface area contributed by atoms with Crippen molar-refractivity contribution in [2.24, 2.45) is 11.8 Å². The molecule has 2 atom stereocenters. The van der Waals surface area contributed by atoms with Gasteiger partial charge in [0, 0.05) is 12.1 Å². The van der Waals surface area contributed by atoms with Crippen LogP contribution in [0.4, 0.5) is 4.79 Å². The largest absolute Gasteiger partial charge is 0.465 e. The average Bonchev–Trinajstić information content (AvgIpc) is 2.72. The number of amides is 1. The normalized spacial score (nSPS) is 24.0. The molecule has 2 aliphatic rings. The monoisotopic (exact) mass is 436 g/mol. The fourth-order valence-corrected chi connectivity index (χ4v) is 5.29. The number of halogens is 1. The summed E-state index contributed by atoms with van der Waals surface area (Å²) < 4.78 is 4.76. The number of esters is 1. The third-order valence-corrected chi connectivity index (χ3v) is 7.14. The lowest BCUT2D eigenvalue weighted by Gasteiger charge is -2.46. The van der Waals surface area contributed by atoms with Gasteiger partial charge in [-0.2, -0.15) is 0 Å². The van der Waals surface area contributed by atoms with Gasteiger partial charge in [0.1, 0.15) is 0 Å². The van der Waals surface area contributed by atoms with E-state index in [1.807, 2.05) is 6.07 Å². The van der Waals surface area contributed by atoms with Crippen molar-refractivity contribution in [3.8, 4) is 0 Å². The van der Waals surface area contributed by atoms with Crippen LogP contribution in [0.2, 0.25) is 5.02 Å². The van der Waals surface area contributed by atoms with E-state index < -0.39 is 12.1 Å². The number of likely N-dealkylation sites (tertiary alicyclic amines) is 2. The van der Waals surface area contributed by atoms with Gasteiger partial charge in [-0.15, -0.1) is 0 Å². The Kier molecular flexibility index (Phi) is 6.98. The van der Waals surface area contributed by atoms with E-state index in [9.17, 15) is 14.7 Å². The van der Waals surface area contributed by atoms with Crippen LogP contribution in [-0.4, -0.2) is 59.3 Å². The van der Waals surface area contributed by atoms with Crippen molar-refractivity contribution in [2.75, 3.05) is 26.7 Å².